The van der Waals surface area contributed by atoms with Crippen LogP contribution in [0.25, 0.3) is 11.3 Å². The van der Waals surface area contributed by atoms with Crippen molar-refractivity contribution in [1.29, 1.82) is 0 Å². The standard InChI is InChI=1S/C30H34F3N5O2/c31-30(32,33)22-38-15-2-1-5-17-39-26-8-6-7-23(20-26)27-11-12-34-29(36-27)35-25-9-10-28(24(19-25)21-38)40-18-16-37-13-3-4-14-37/h1-2,6-12,19-20H,3-5,13-18,21-22H2,(H,34,35,36)/b2-1-. The number of benzene rings is 2. The number of alkyl halides is 3. The normalized spacial score (nSPS) is 17.8. The van der Waals surface area contributed by atoms with Gasteiger partial charge in [0.05, 0.1) is 18.8 Å². The highest BCUT2D eigenvalue weighted by molar-refractivity contribution is 5.64. The Balaban J connectivity index is 1.44. The van der Waals surface area contributed by atoms with Gasteiger partial charge >= 0.3 is 6.18 Å². The van der Waals surface area contributed by atoms with Crippen LogP contribution in [0.2, 0.25) is 0 Å². The largest absolute Gasteiger partial charge is 0.493 e. The molecule has 2 aromatic carbocycles. The number of fused-ring (bicyclic) bond motifs is 7. The van der Waals surface area contributed by atoms with Gasteiger partial charge in [-0.05, 0) is 68.8 Å². The van der Waals surface area contributed by atoms with Crippen molar-refractivity contribution < 1.29 is 22.6 Å². The van der Waals surface area contributed by atoms with Gasteiger partial charge in [-0.2, -0.15) is 13.2 Å². The number of hydrogen-bond donors (Lipinski definition) is 1. The van der Waals surface area contributed by atoms with E-state index in [0.717, 1.165) is 30.9 Å². The number of rotatable bonds is 5. The van der Waals surface area contributed by atoms with Crippen LogP contribution in [0.5, 0.6) is 11.5 Å². The summed E-state index contributed by atoms with van der Waals surface area (Å²) in [6.07, 6.45) is 3.91. The zero-order chi connectivity index (χ0) is 27.8. The summed E-state index contributed by atoms with van der Waals surface area (Å²) in [5.74, 6) is 1.66. The first kappa shape index (κ1) is 27.9. The van der Waals surface area contributed by atoms with Crippen LogP contribution < -0.4 is 14.8 Å². The molecule has 0 radical (unpaired) electrons. The Morgan fingerprint density at radius 2 is 1.88 bits per heavy atom. The minimum Gasteiger partial charge on any atom is -0.493 e. The lowest BCUT2D eigenvalue weighted by atomic mass is 10.1. The van der Waals surface area contributed by atoms with Gasteiger partial charge in [0.2, 0.25) is 5.95 Å². The summed E-state index contributed by atoms with van der Waals surface area (Å²) in [4.78, 5) is 12.7. The molecular formula is C30H34F3N5O2. The van der Waals surface area contributed by atoms with Gasteiger partial charge in [0.1, 0.15) is 18.1 Å². The van der Waals surface area contributed by atoms with Crippen LogP contribution >= 0.6 is 0 Å². The number of anilines is 2. The van der Waals surface area contributed by atoms with Crippen LogP contribution in [0.1, 0.15) is 24.8 Å². The number of likely N-dealkylation sites (tertiary alicyclic amines) is 1. The fourth-order valence-electron chi connectivity index (χ4n) is 4.93. The van der Waals surface area contributed by atoms with Gasteiger partial charge in [0, 0.05) is 42.6 Å². The lowest BCUT2D eigenvalue weighted by molar-refractivity contribution is -0.145. The Morgan fingerprint density at radius 3 is 2.73 bits per heavy atom. The molecule has 212 valence electrons. The molecule has 10 heteroatoms. The average Bonchev–Trinajstić information content (AvgIpc) is 3.44. The fourth-order valence-corrected chi connectivity index (χ4v) is 4.93. The maximum atomic E-state index is 13.5. The van der Waals surface area contributed by atoms with Gasteiger partial charge in [0.25, 0.3) is 0 Å². The molecule has 1 N–H and O–H groups in total. The Hall–Kier alpha value is -3.63. The van der Waals surface area contributed by atoms with E-state index < -0.39 is 12.7 Å². The molecular weight excluding hydrogens is 519 g/mol. The highest BCUT2D eigenvalue weighted by Gasteiger charge is 2.30. The molecule has 2 aliphatic rings. The van der Waals surface area contributed by atoms with Crippen molar-refractivity contribution in [2.24, 2.45) is 0 Å². The van der Waals surface area contributed by atoms with Crippen molar-refractivity contribution in [3.63, 3.8) is 0 Å². The molecule has 5 rings (SSSR count). The molecule has 0 unspecified atom stereocenters. The van der Waals surface area contributed by atoms with E-state index >= 15 is 0 Å². The first-order valence-corrected chi connectivity index (χ1v) is 13.7. The number of nitrogens with one attached hydrogen (secondary N) is 1. The SMILES string of the molecule is FC(F)(F)CN1C/C=C\CCOc2cccc(c2)-c2ccnc(n2)Nc2ccc(OCCN3CCCC3)c(c2)C1. The molecule has 3 heterocycles. The van der Waals surface area contributed by atoms with Gasteiger partial charge in [-0.25, -0.2) is 9.97 Å². The Morgan fingerprint density at radius 1 is 1.00 bits per heavy atom. The van der Waals surface area contributed by atoms with Crippen LogP contribution in [-0.2, 0) is 6.54 Å². The predicted octanol–water partition coefficient (Wildman–Crippen LogP) is 6.06. The van der Waals surface area contributed by atoms with Gasteiger partial charge in [-0.3, -0.25) is 9.80 Å². The maximum absolute atomic E-state index is 13.5. The van der Waals surface area contributed by atoms with Crippen LogP contribution in [-0.4, -0.2) is 71.9 Å². The minimum absolute atomic E-state index is 0.0698. The summed E-state index contributed by atoms with van der Waals surface area (Å²) >= 11 is 0. The summed E-state index contributed by atoms with van der Waals surface area (Å²) in [6, 6.07) is 14.9. The second-order valence-corrected chi connectivity index (χ2v) is 10.0. The van der Waals surface area contributed by atoms with E-state index in [1.54, 1.807) is 12.3 Å². The summed E-state index contributed by atoms with van der Waals surface area (Å²) in [6.45, 7) is 2.97. The molecule has 6 bridgehead atoms. The third kappa shape index (κ3) is 8.19. The number of ether oxygens (including phenoxy) is 2. The highest BCUT2D eigenvalue weighted by atomic mass is 19.4. The zero-order valence-electron chi connectivity index (χ0n) is 22.4. The van der Waals surface area contributed by atoms with Crippen molar-refractivity contribution >= 4 is 11.6 Å². The number of aromatic nitrogens is 2. The summed E-state index contributed by atoms with van der Waals surface area (Å²) in [5, 5.41) is 3.21. The van der Waals surface area contributed by atoms with Crippen molar-refractivity contribution in [2.75, 3.05) is 51.3 Å². The van der Waals surface area contributed by atoms with Crippen molar-refractivity contribution in [3.8, 4) is 22.8 Å². The molecule has 1 saturated heterocycles. The fraction of sp³-hybridized carbons (Fsp3) is 0.400. The first-order valence-electron chi connectivity index (χ1n) is 13.7. The van der Waals surface area contributed by atoms with Crippen LogP contribution in [0.4, 0.5) is 24.8 Å². The third-order valence-electron chi connectivity index (χ3n) is 6.85. The Labute approximate surface area is 232 Å². The summed E-state index contributed by atoms with van der Waals surface area (Å²) in [5.41, 5.74) is 2.95. The topological polar surface area (TPSA) is 62.8 Å². The molecule has 1 aromatic heterocycles. The molecule has 7 nitrogen and oxygen atoms in total. The van der Waals surface area contributed by atoms with Crippen molar-refractivity contribution in [3.05, 3.63) is 72.4 Å². The second-order valence-electron chi connectivity index (χ2n) is 10.0. The summed E-state index contributed by atoms with van der Waals surface area (Å²) in [7, 11) is 0. The molecule has 1 fully saturated rings. The third-order valence-corrected chi connectivity index (χ3v) is 6.85. The van der Waals surface area contributed by atoms with E-state index in [-0.39, 0.29) is 13.1 Å². The van der Waals surface area contributed by atoms with E-state index in [1.807, 2.05) is 54.6 Å². The highest BCUT2D eigenvalue weighted by Crippen LogP contribution is 2.29. The maximum Gasteiger partial charge on any atom is 0.401 e. The van der Waals surface area contributed by atoms with Crippen molar-refractivity contribution in [1.82, 2.24) is 19.8 Å². The van der Waals surface area contributed by atoms with E-state index in [0.29, 0.717) is 48.3 Å². The van der Waals surface area contributed by atoms with Crippen LogP contribution in [0, 0.1) is 0 Å². The van der Waals surface area contributed by atoms with Gasteiger partial charge < -0.3 is 14.8 Å². The number of nitrogens with zero attached hydrogens (tertiary/aromatic N) is 4. The zero-order valence-corrected chi connectivity index (χ0v) is 22.4. The van der Waals surface area contributed by atoms with Gasteiger partial charge in [0.15, 0.2) is 0 Å². The lowest BCUT2D eigenvalue weighted by Gasteiger charge is -2.24. The lowest BCUT2D eigenvalue weighted by Crippen LogP contribution is -2.34. The molecule has 2 aliphatic heterocycles. The van der Waals surface area contributed by atoms with Crippen LogP contribution in [0.15, 0.2) is 66.9 Å². The van der Waals surface area contributed by atoms with Crippen molar-refractivity contribution in [2.45, 2.75) is 32.0 Å². The van der Waals surface area contributed by atoms with Gasteiger partial charge in [-0.15, -0.1) is 0 Å². The molecule has 0 spiro atoms. The first-order chi connectivity index (χ1) is 19.4. The van der Waals surface area contributed by atoms with E-state index in [2.05, 4.69) is 20.2 Å². The molecule has 0 amide bonds. The Kier molecular flexibility index (Phi) is 9.18. The molecule has 40 heavy (non-hydrogen) atoms. The minimum atomic E-state index is -4.33. The summed E-state index contributed by atoms with van der Waals surface area (Å²) < 4.78 is 52.6. The second kappa shape index (κ2) is 13.1. The van der Waals surface area contributed by atoms with E-state index in [4.69, 9.17) is 9.47 Å². The van der Waals surface area contributed by atoms with Crippen LogP contribution in [0.3, 0.4) is 0 Å². The number of hydrogen-bond acceptors (Lipinski definition) is 7. The molecule has 0 atom stereocenters. The molecule has 3 aromatic rings. The predicted molar refractivity (Wildman–Crippen MR) is 149 cm³/mol. The number of halogens is 3. The van der Waals surface area contributed by atoms with Gasteiger partial charge in [-0.1, -0.05) is 24.3 Å². The molecule has 0 aliphatic carbocycles. The van der Waals surface area contributed by atoms with E-state index in [1.165, 1.54) is 17.7 Å². The smallest absolute Gasteiger partial charge is 0.401 e. The molecule has 0 saturated carbocycles. The van der Waals surface area contributed by atoms with E-state index in [9.17, 15) is 13.2 Å². The average molecular weight is 554 g/mol. The quantitative estimate of drug-likeness (QED) is 0.385. The monoisotopic (exact) mass is 553 g/mol. The Bertz CT molecular complexity index is 1290.